The van der Waals surface area contributed by atoms with Crippen LogP contribution >= 0.6 is 0 Å². The molecule has 1 aliphatic carbocycles. The minimum absolute atomic E-state index is 0.00127. The maximum Gasteiger partial charge on any atom is 0.245 e. The number of anilines is 1. The average Bonchev–Trinajstić information content (AvgIpc) is 2.64. The maximum absolute atomic E-state index is 13.7. The van der Waals surface area contributed by atoms with Crippen molar-refractivity contribution in [3.05, 3.63) is 35.7 Å². The van der Waals surface area contributed by atoms with Crippen molar-refractivity contribution in [1.29, 1.82) is 0 Å². The number of methoxy groups -OCH3 is 1. The number of hydrogen-bond acceptors (Lipinski definition) is 5. The Hall–Kier alpha value is -2.77. The molecule has 2 heterocycles. The van der Waals surface area contributed by atoms with E-state index in [1.165, 1.54) is 19.5 Å². The monoisotopic (exact) mass is 360 g/mol. The summed E-state index contributed by atoms with van der Waals surface area (Å²) in [6.07, 6.45) is 5.70. The predicted molar refractivity (Wildman–Crippen MR) is 93.4 cm³/mol. The van der Waals surface area contributed by atoms with E-state index < -0.39 is 0 Å². The van der Waals surface area contributed by atoms with Crippen molar-refractivity contribution in [3.8, 4) is 0 Å². The molecule has 2 amide bonds. The first-order valence-electron chi connectivity index (χ1n) is 8.60. The van der Waals surface area contributed by atoms with Crippen LogP contribution in [-0.4, -0.2) is 46.9 Å². The molecule has 1 aromatic heterocycles. The van der Waals surface area contributed by atoms with Crippen LogP contribution in [0.4, 0.5) is 10.2 Å². The molecular weight excluding hydrogens is 339 g/mol. The molecule has 0 spiro atoms. The maximum atomic E-state index is 13.7. The molecule has 0 bridgehead atoms. The van der Waals surface area contributed by atoms with Crippen LogP contribution in [0.1, 0.15) is 37.8 Å². The molecule has 1 aliphatic heterocycles. The fraction of sp³-hybridized carbons (Fsp3) is 0.444. The molecule has 0 atom stereocenters. The van der Waals surface area contributed by atoms with Gasteiger partial charge in [-0.2, -0.15) is 0 Å². The summed E-state index contributed by atoms with van der Waals surface area (Å²) in [4.78, 5) is 33.7. The number of halogens is 1. The minimum Gasteiger partial charge on any atom is -0.500 e. The van der Waals surface area contributed by atoms with Crippen molar-refractivity contribution in [1.82, 2.24) is 14.9 Å². The summed E-state index contributed by atoms with van der Waals surface area (Å²) in [6, 6.07) is 1.57. The third kappa shape index (κ3) is 4.25. The summed E-state index contributed by atoms with van der Waals surface area (Å²) < 4.78 is 19.0. The van der Waals surface area contributed by atoms with E-state index in [1.807, 2.05) is 0 Å². The highest BCUT2D eigenvalue weighted by Crippen LogP contribution is 2.31. The van der Waals surface area contributed by atoms with E-state index in [-0.39, 0.29) is 24.2 Å². The lowest BCUT2D eigenvalue weighted by Crippen LogP contribution is -2.40. The van der Waals surface area contributed by atoms with E-state index >= 15 is 0 Å². The van der Waals surface area contributed by atoms with E-state index in [1.54, 1.807) is 11.0 Å². The second-order valence-electron chi connectivity index (χ2n) is 6.24. The van der Waals surface area contributed by atoms with Gasteiger partial charge in [-0.1, -0.05) is 0 Å². The first kappa shape index (κ1) is 18.0. The summed E-state index contributed by atoms with van der Waals surface area (Å²) in [7, 11) is 1.53. The number of carbonyl (C=O) groups excluding carboxylic acids is 2. The van der Waals surface area contributed by atoms with Crippen molar-refractivity contribution in [2.24, 2.45) is 0 Å². The molecule has 2 aliphatic rings. The number of rotatable bonds is 5. The van der Waals surface area contributed by atoms with Crippen LogP contribution in [0.15, 0.2) is 30.1 Å². The number of allylic oxidation sites excluding steroid dienone is 4. The fourth-order valence-electron chi connectivity index (χ4n) is 3.06. The molecule has 1 fully saturated rings. The number of hydrogen-bond donors (Lipinski definition) is 1. The molecule has 1 saturated heterocycles. The van der Waals surface area contributed by atoms with E-state index in [9.17, 15) is 14.0 Å². The molecule has 138 valence electrons. The van der Waals surface area contributed by atoms with Crippen LogP contribution in [0.25, 0.3) is 5.57 Å². The third-order valence-electron chi connectivity index (χ3n) is 4.41. The molecule has 7 nitrogen and oxygen atoms in total. The Kier molecular flexibility index (Phi) is 5.60. The number of carbonyl (C=O) groups is 2. The van der Waals surface area contributed by atoms with Gasteiger partial charge in [0.25, 0.3) is 0 Å². The molecule has 3 rings (SSSR count). The Morgan fingerprint density at radius 1 is 1.31 bits per heavy atom. The van der Waals surface area contributed by atoms with Crippen molar-refractivity contribution in [2.45, 2.75) is 32.1 Å². The standard InChI is InChI=1S/C18H21FN4O3/c1-26-15-6-5-12(19)8-13(15)14-9-16(21-11-20-14)22-17(24)10-23-7-3-2-4-18(23)25/h8-9,11H,2-7,10H2,1H3,(H,20,21,22,24). The fourth-order valence-corrected chi connectivity index (χ4v) is 3.06. The number of likely N-dealkylation sites (tertiary alicyclic amines) is 1. The van der Waals surface area contributed by atoms with Gasteiger partial charge in [-0.05, 0) is 18.9 Å². The highest BCUT2D eigenvalue weighted by Gasteiger charge is 2.21. The number of ether oxygens (including phenoxy) is 1. The average molecular weight is 360 g/mol. The van der Waals surface area contributed by atoms with Gasteiger partial charge in [0.1, 0.15) is 23.7 Å². The highest BCUT2D eigenvalue weighted by molar-refractivity contribution is 5.94. The number of nitrogens with zero attached hydrogens (tertiary/aromatic N) is 3. The van der Waals surface area contributed by atoms with Gasteiger partial charge in [-0.3, -0.25) is 9.59 Å². The summed E-state index contributed by atoms with van der Waals surface area (Å²) in [5, 5.41) is 2.67. The van der Waals surface area contributed by atoms with Crippen LogP contribution in [0, 0.1) is 0 Å². The zero-order chi connectivity index (χ0) is 18.5. The Bertz CT molecular complexity index is 775. The number of aromatic nitrogens is 2. The van der Waals surface area contributed by atoms with E-state index in [0.717, 1.165) is 12.8 Å². The molecule has 8 heteroatoms. The van der Waals surface area contributed by atoms with Gasteiger partial charge in [0.15, 0.2) is 0 Å². The van der Waals surface area contributed by atoms with Crippen LogP contribution in [0.2, 0.25) is 0 Å². The Morgan fingerprint density at radius 3 is 2.92 bits per heavy atom. The molecule has 0 radical (unpaired) electrons. The van der Waals surface area contributed by atoms with E-state index in [2.05, 4.69) is 15.3 Å². The van der Waals surface area contributed by atoms with Crippen molar-refractivity contribution >= 4 is 23.2 Å². The lowest BCUT2D eigenvalue weighted by atomic mass is 10.0. The van der Waals surface area contributed by atoms with Gasteiger partial charge in [0, 0.05) is 37.4 Å². The van der Waals surface area contributed by atoms with Crippen molar-refractivity contribution in [2.75, 3.05) is 25.5 Å². The van der Waals surface area contributed by atoms with Crippen LogP contribution in [0.5, 0.6) is 0 Å². The molecule has 1 aromatic rings. The summed E-state index contributed by atoms with van der Waals surface area (Å²) in [6.45, 7) is 0.591. The van der Waals surface area contributed by atoms with Gasteiger partial charge in [0.2, 0.25) is 11.8 Å². The SMILES string of the molecule is COC1=C(c2cc(NC(=O)CN3CCCCC3=O)ncn2)C=C(F)CC1. The summed E-state index contributed by atoms with van der Waals surface area (Å²) in [5.41, 5.74) is 1.01. The first-order chi connectivity index (χ1) is 12.6. The summed E-state index contributed by atoms with van der Waals surface area (Å²) >= 11 is 0. The Balaban J connectivity index is 1.72. The quantitative estimate of drug-likeness (QED) is 0.872. The third-order valence-corrected chi connectivity index (χ3v) is 4.41. The normalized spacial score (nSPS) is 17.8. The Labute approximate surface area is 151 Å². The van der Waals surface area contributed by atoms with Crippen LogP contribution < -0.4 is 5.32 Å². The molecular formula is C18H21FN4O3. The van der Waals surface area contributed by atoms with E-state index in [4.69, 9.17) is 4.74 Å². The molecule has 0 unspecified atom stereocenters. The highest BCUT2D eigenvalue weighted by atomic mass is 19.1. The molecule has 1 N–H and O–H groups in total. The summed E-state index contributed by atoms with van der Waals surface area (Å²) in [5.74, 6) is 0.366. The zero-order valence-corrected chi connectivity index (χ0v) is 14.6. The minimum atomic E-state index is -0.323. The van der Waals surface area contributed by atoms with Gasteiger partial charge < -0.3 is 15.0 Å². The molecule has 0 aromatic carbocycles. The number of piperidine rings is 1. The van der Waals surface area contributed by atoms with Crippen LogP contribution in [-0.2, 0) is 14.3 Å². The second kappa shape index (κ2) is 8.07. The molecule has 26 heavy (non-hydrogen) atoms. The smallest absolute Gasteiger partial charge is 0.245 e. The van der Waals surface area contributed by atoms with Crippen LogP contribution in [0.3, 0.4) is 0 Å². The van der Waals surface area contributed by atoms with Gasteiger partial charge in [-0.25, -0.2) is 14.4 Å². The van der Waals surface area contributed by atoms with Gasteiger partial charge in [0.05, 0.1) is 19.3 Å². The van der Waals surface area contributed by atoms with Gasteiger partial charge in [-0.15, -0.1) is 0 Å². The van der Waals surface area contributed by atoms with Crippen molar-refractivity contribution in [3.63, 3.8) is 0 Å². The first-order valence-corrected chi connectivity index (χ1v) is 8.60. The Morgan fingerprint density at radius 2 is 2.15 bits per heavy atom. The lowest BCUT2D eigenvalue weighted by Gasteiger charge is -2.25. The number of amides is 2. The lowest BCUT2D eigenvalue weighted by molar-refractivity contribution is -0.136. The number of nitrogens with one attached hydrogen (secondary N) is 1. The van der Waals surface area contributed by atoms with Gasteiger partial charge >= 0.3 is 0 Å². The second-order valence-corrected chi connectivity index (χ2v) is 6.24. The zero-order valence-electron chi connectivity index (χ0n) is 14.6. The molecule has 0 saturated carbocycles. The van der Waals surface area contributed by atoms with Crippen molar-refractivity contribution < 1.29 is 18.7 Å². The predicted octanol–water partition coefficient (Wildman–Crippen LogP) is 2.43. The van der Waals surface area contributed by atoms with E-state index in [0.29, 0.717) is 48.7 Å². The largest absolute Gasteiger partial charge is 0.500 e. The topological polar surface area (TPSA) is 84.4 Å².